The van der Waals surface area contributed by atoms with Gasteiger partial charge in [0.05, 0.1) is 5.69 Å². The smallest absolute Gasteiger partial charge is 0.204 e. The van der Waals surface area contributed by atoms with Crippen LogP contribution in [0.4, 0.5) is 0 Å². The molecule has 0 saturated heterocycles. The summed E-state index contributed by atoms with van der Waals surface area (Å²) in [4.78, 5) is 12.0. The van der Waals surface area contributed by atoms with Crippen molar-refractivity contribution in [2.75, 3.05) is 0 Å². The number of halogens is 1. The molecule has 0 unspecified atom stereocenters. The molecule has 112 valence electrons. The van der Waals surface area contributed by atoms with E-state index in [1.54, 1.807) is 10.7 Å². The van der Waals surface area contributed by atoms with Crippen molar-refractivity contribution in [3.05, 3.63) is 56.5 Å². The highest BCUT2D eigenvalue weighted by Gasteiger charge is 2.09. The molecular formula is C16H20ClN3O. The van der Waals surface area contributed by atoms with Crippen LogP contribution in [0.3, 0.4) is 0 Å². The fourth-order valence-corrected chi connectivity index (χ4v) is 2.16. The average molecular weight is 306 g/mol. The first-order valence-electron chi connectivity index (χ1n) is 6.98. The third kappa shape index (κ3) is 3.71. The lowest BCUT2D eigenvalue weighted by Crippen LogP contribution is -2.28. The second-order valence-corrected chi connectivity index (χ2v) is 5.88. The van der Waals surface area contributed by atoms with Gasteiger partial charge in [-0.05, 0) is 31.5 Å². The first-order chi connectivity index (χ1) is 9.88. The highest BCUT2D eigenvalue weighted by molar-refractivity contribution is 6.31. The Bertz CT molecular complexity index is 707. The molecular weight excluding hydrogens is 286 g/mol. The minimum absolute atomic E-state index is 0.0462. The minimum atomic E-state index is -0.0462. The number of hydrogen-bond acceptors (Lipinski definition) is 3. The topological polar surface area (TPSA) is 46.9 Å². The van der Waals surface area contributed by atoms with Crippen LogP contribution in [0.2, 0.25) is 5.02 Å². The first-order valence-corrected chi connectivity index (χ1v) is 7.36. The van der Waals surface area contributed by atoms with Gasteiger partial charge in [-0.1, -0.05) is 31.5 Å². The van der Waals surface area contributed by atoms with Crippen LogP contribution in [0.15, 0.2) is 29.1 Å². The Morgan fingerprint density at radius 2 is 2.00 bits per heavy atom. The molecule has 0 saturated carbocycles. The number of nitrogens with zero attached hydrogens (tertiary/aromatic N) is 2. The Hall–Kier alpha value is -1.65. The van der Waals surface area contributed by atoms with Gasteiger partial charge in [-0.3, -0.25) is 4.79 Å². The van der Waals surface area contributed by atoms with Crippen LogP contribution in [0, 0.1) is 13.8 Å². The summed E-state index contributed by atoms with van der Waals surface area (Å²) in [7, 11) is 0. The lowest BCUT2D eigenvalue weighted by molar-refractivity contribution is 0.568. The summed E-state index contributed by atoms with van der Waals surface area (Å²) in [5.41, 5.74) is 3.11. The monoisotopic (exact) mass is 305 g/mol. The molecule has 0 bridgehead atoms. The van der Waals surface area contributed by atoms with Gasteiger partial charge < -0.3 is 5.32 Å². The van der Waals surface area contributed by atoms with Crippen molar-refractivity contribution in [2.24, 2.45) is 0 Å². The van der Waals surface area contributed by atoms with Crippen LogP contribution in [0.1, 0.15) is 30.8 Å². The normalized spacial score (nSPS) is 11.1. The summed E-state index contributed by atoms with van der Waals surface area (Å²) in [5.74, 6) is 0. The molecule has 2 rings (SSSR count). The van der Waals surface area contributed by atoms with Crippen LogP contribution in [-0.2, 0) is 6.54 Å². The van der Waals surface area contributed by atoms with Crippen LogP contribution < -0.4 is 10.7 Å². The molecule has 1 aromatic heterocycles. The maximum absolute atomic E-state index is 12.0. The summed E-state index contributed by atoms with van der Waals surface area (Å²) in [6, 6.07) is 7.67. The van der Waals surface area contributed by atoms with E-state index in [0.29, 0.717) is 23.3 Å². The van der Waals surface area contributed by atoms with E-state index in [0.717, 1.165) is 16.9 Å². The lowest BCUT2D eigenvalue weighted by atomic mass is 10.2. The molecule has 0 aliphatic rings. The van der Waals surface area contributed by atoms with Gasteiger partial charge >= 0.3 is 0 Å². The van der Waals surface area contributed by atoms with Gasteiger partial charge in [0, 0.05) is 29.4 Å². The van der Waals surface area contributed by atoms with Crippen LogP contribution in [-0.4, -0.2) is 15.8 Å². The largest absolute Gasteiger partial charge is 0.309 e. The number of aryl methyl sites for hydroxylation is 2. The lowest BCUT2D eigenvalue weighted by Gasteiger charge is -2.13. The molecule has 0 aliphatic carbocycles. The van der Waals surface area contributed by atoms with Gasteiger partial charge in [0.1, 0.15) is 5.69 Å². The number of aromatic nitrogens is 2. The molecule has 2 aromatic rings. The van der Waals surface area contributed by atoms with Crippen molar-refractivity contribution in [1.29, 1.82) is 0 Å². The highest BCUT2D eigenvalue weighted by atomic mass is 35.5. The van der Waals surface area contributed by atoms with Crippen molar-refractivity contribution >= 4 is 11.6 Å². The maximum atomic E-state index is 12.0. The molecule has 21 heavy (non-hydrogen) atoms. The van der Waals surface area contributed by atoms with Gasteiger partial charge in [0.2, 0.25) is 5.43 Å². The third-order valence-electron chi connectivity index (χ3n) is 3.26. The number of nitrogens with one attached hydrogen (secondary N) is 1. The SMILES string of the molecule is Cc1ccc(-n2nc(CNC(C)C)c(=O)cc2C)cc1Cl. The van der Waals surface area contributed by atoms with Crippen molar-refractivity contribution in [2.45, 2.75) is 40.3 Å². The van der Waals surface area contributed by atoms with Crippen LogP contribution >= 0.6 is 11.6 Å². The fraction of sp³-hybridized carbons (Fsp3) is 0.375. The summed E-state index contributed by atoms with van der Waals surface area (Å²) in [5, 5.41) is 8.38. The van der Waals surface area contributed by atoms with Gasteiger partial charge in [-0.2, -0.15) is 5.10 Å². The van der Waals surface area contributed by atoms with Crippen molar-refractivity contribution in [3.63, 3.8) is 0 Å². The van der Waals surface area contributed by atoms with E-state index < -0.39 is 0 Å². The summed E-state index contributed by atoms with van der Waals surface area (Å²) in [6.45, 7) is 8.34. The molecule has 5 heteroatoms. The predicted octanol–water partition coefficient (Wildman–Crippen LogP) is 3.00. The Balaban J connectivity index is 2.45. The summed E-state index contributed by atoms with van der Waals surface area (Å²) in [6.07, 6.45) is 0. The zero-order valence-corrected chi connectivity index (χ0v) is 13.5. The number of rotatable bonds is 4. The van der Waals surface area contributed by atoms with E-state index in [1.807, 2.05) is 45.9 Å². The Morgan fingerprint density at radius 3 is 2.62 bits per heavy atom. The molecule has 0 atom stereocenters. The minimum Gasteiger partial charge on any atom is -0.309 e. The Morgan fingerprint density at radius 1 is 1.29 bits per heavy atom. The molecule has 0 spiro atoms. The van der Waals surface area contributed by atoms with Crippen molar-refractivity contribution in [3.8, 4) is 5.69 Å². The van der Waals surface area contributed by atoms with E-state index in [2.05, 4.69) is 10.4 Å². The molecule has 0 amide bonds. The zero-order chi connectivity index (χ0) is 15.6. The highest BCUT2D eigenvalue weighted by Crippen LogP contribution is 2.19. The molecule has 1 N–H and O–H groups in total. The maximum Gasteiger partial charge on any atom is 0.204 e. The first kappa shape index (κ1) is 15.7. The van der Waals surface area contributed by atoms with Crippen molar-refractivity contribution in [1.82, 2.24) is 15.1 Å². The van der Waals surface area contributed by atoms with E-state index in [-0.39, 0.29) is 5.43 Å². The standard InChI is InChI=1S/C16H20ClN3O/c1-10(2)18-9-15-16(21)7-12(4)20(19-15)13-6-5-11(3)14(17)8-13/h5-8,10,18H,9H2,1-4H3. The molecule has 1 aromatic carbocycles. The molecule has 4 nitrogen and oxygen atoms in total. The Labute approximate surface area is 129 Å². The van der Waals surface area contributed by atoms with E-state index >= 15 is 0 Å². The van der Waals surface area contributed by atoms with E-state index in [1.165, 1.54) is 0 Å². The third-order valence-corrected chi connectivity index (χ3v) is 3.66. The second-order valence-electron chi connectivity index (χ2n) is 5.48. The van der Waals surface area contributed by atoms with Gasteiger partial charge in [-0.15, -0.1) is 0 Å². The van der Waals surface area contributed by atoms with Crippen LogP contribution in [0.5, 0.6) is 0 Å². The second kappa shape index (κ2) is 6.41. The number of benzene rings is 1. The predicted molar refractivity (Wildman–Crippen MR) is 86.3 cm³/mol. The van der Waals surface area contributed by atoms with Crippen LogP contribution in [0.25, 0.3) is 5.69 Å². The Kier molecular flexibility index (Phi) is 4.80. The van der Waals surface area contributed by atoms with Gasteiger partial charge in [-0.25, -0.2) is 4.68 Å². The van der Waals surface area contributed by atoms with Crippen molar-refractivity contribution < 1.29 is 0 Å². The molecule has 0 fully saturated rings. The molecule has 1 heterocycles. The quantitative estimate of drug-likeness (QED) is 0.944. The number of hydrogen-bond donors (Lipinski definition) is 1. The van der Waals surface area contributed by atoms with Gasteiger partial charge in [0.15, 0.2) is 0 Å². The molecule has 0 radical (unpaired) electrons. The van der Waals surface area contributed by atoms with E-state index in [4.69, 9.17) is 11.6 Å². The summed E-state index contributed by atoms with van der Waals surface area (Å²) < 4.78 is 1.75. The molecule has 0 aliphatic heterocycles. The average Bonchev–Trinajstić information content (AvgIpc) is 2.41. The zero-order valence-electron chi connectivity index (χ0n) is 12.8. The summed E-state index contributed by atoms with van der Waals surface area (Å²) >= 11 is 6.17. The van der Waals surface area contributed by atoms with E-state index in [9.17, 15) is 4.79 Å². The fourth-order valence-electron chi connectivity index (χ4n) is 1.98. The van der Waals surface area contributed by atoms with Gasteiger partial charge in [0.25, 0.3) is 0 Å².